The van der Waals surface area contributed by atoms with Gasteiger partial charge in [-0.1, -0.05) is 13.8 Å². The lowest BCUT2D eigenvalue weighted by atomic mass is 9.75. The molecular formula is C15H16N2O2. The molecule has 0 bridgehead atoms. The van der Waals surface area contributed by atoms with Crippen molar-refractivity contribution in [2.45, 2.75) is 33.6 Å². The van der Waals surface area contributed by atoms with Crippen molar-refractivity contribution in [1.82, 2.24) is 9.97 Å². The normalized spacial score (nSPS) is 17.3. The molecule has 2 heterocycles. The molecule has 0 N–H and O–H groups in total. The quantitative estimate of drug-likeness (QED) is 0.786. The third-order valence-corrected chi connectivity index (χ3v) is 3.66. The molecule has 1 aliphatic carbocycles. The Morgan fingerprint density at radius 2 is 2.05 bits per heavy atom. The number of fused-ring (bicyclic) bond motifs is 1. The average molecular weight is 256 g/mol. The van der Waals surface area contributed by atoms with Gasteiger partial charge in [-0.25, -0.2) is 9.97 Å². The van der Waals surface area contributed by atoms with E-state index in [2.05, 4.69) is 9.97 Å². The van der Waals surface area contributed by atoms with E-state index in [4.69, 9.17) is 4.42 Å². The van der Waals surface area contributed by atoms with Crippen LogP contribution in [0.1, 0.15) is 42.0 Å². The highest BCUT2D eigenvalue weighted by molar-refractivity contribution is 6.02. The van der Waals surface area contributed by atoms with Crippen LogP contribution in [0.25, 0.3) is 11.6 Å². The molecule has 0 amide bonds. The second kappa shape index (κ2) is 4.02. The number of aromatic nitrogens is 2. The molecule has 0 saturated carbocycles. The fourth-order valence-electron chi connectivity index (χ4n) is 2.40. The fourth-order valence-corrected chi connectivity index (χ4v) is 2.40. The second-order valence-corrected chi connectivity index (χ2v) is 5.70. The first-order valence-corrected chi connectivity index (χ1v) is 6.44. The first-order chi connectivity index (χ1) is 8.97. The number of hydrogen-bond donors (Lipinski definition) is 0. The van der Waals surface area contributed by atoms with Crippen LogP contribution in [-0.4, -0.2) is 15.8 Å². The zero-order valence-corrected chi connectivity index (χ0v) is 11.4. The molecular weight excluding hydrogens is 240 g/mol. The Balaban J connectivity index is 2.04. The molecule has 2 aromatic rings. The Kier molecular flexibility index (Phi) is 2.55. The second-order valence-electron chi connectivity index (χ2n) is 5.70. The average Bonchev–Trinajstić information content (AvgIpc) is 2.81. The molecule has 4 nitrogen and oxygen atoms in total. The summed E-state index contributed by atoms with van der Waals surface area (Å²) < 4.78 is 5.35. The number of nitrogens with zero attached hydrogens (tertiary/aromatic N) is 2. The van der Waals surface area contributed by atoms with Crippen LogP contribution in [0.5, 0.6) is 0 Å². The van der Waals surface area contributed by atoms with Crippen LogP contribution in [0.15, 0.2) is 22.8 Å². The predicted molar refractivity (Wildman–Crippen MR) is 70.9 cm³/mol. The number of oxazole rings is 1. The Bertz CT molecular complexity index is 656. The summed E-state index contributed by atoms with van der Waals surface area (Å²) in [4.78, 5) is 21.1. The molecule has 0 saturated heterocycles. The smallest absolute Gasteiger partial charge is 0.245 e. The van der Waals surface area contributed by atoms with E-state index in [1.165, 1.54) is 0 Å². The van der Waals surface area contributed by atoms with Crippen molar-refractivity contribution in [3.05, 3.63) is 35.3 Å². The standard InChI is InChI=1S/C15H16N2O2/c1-9-8-19-14(16-9)12-5-4-10-11(17-12)6-7-15(2,3)13(10)18/h4-5,8H,6-7H2,1-3H3. The van der Waals surface area contributed by atoms with Gasteiger partial charge in [-0.05, 0) is 31.9 Å². The number of aryl methyl sites for hydroxylation is 2. The molecule has 0 aliphatic heterocycles. The summed E-state index contributed by atoms with van der Waals surface area (Å²) in [5.74, 6) is 0.689. The number of pyridine rings is 1. The molecule has 0 atom stereocenters. The van der Waals surface area contributed by atoms with Gasteiger partial charge in [0, 0.05) is 11.0 Å². The van der Waals surface area contributed by atoms with Crippen molar-refractivity contribution in [1.29, 1.82) is 0 Å². The van der Waals surface area contributed by atoms with Crippen molar-refractivity contribution in [3.8, 4) is 11.6 Å². The molecule has 2 aromatic heterocycles. The van der Waals surface area contributed by atoms with Gasteiger partial charge < -0.3 is 4.42 Å². The van der Waals surface area contributed by atoms with E-state index in [0.29, 0.717) is 11.6 Å². The third kappa shape index (κ3) is 1.97. The minimum Gasteiger partial charge on any atom is -0.443 e. The van der Waals surface area contributed by atoms with Gasteiger partial charge >= 0.3 is 0 Å². The zero-order chi connectivity index (χ0) is 13.6. The van der Waals surface area contributed by atoms with Crippen LogP contribution in [-0.2, 0) is 6.42 Å². The highest BCUT2D eigenvalue weighted by Crippen LogP contribution is 2.34. The zero-order valence-electron chi connectivity index (χ0n) is 11.4. The van der Waals surface area contributed by atoms with E-state index in [0.717, 1.165) is 29.8 Å². The van der Waals surface area contributed by atoms with Gasteiger partial charge in [0.25, 0.3) is 0 Å². The molecule has 19 heavy (non-hydrogen) atoms. The summed E-state index contributed by atoms with van der Waals surface area (Å²) in [7, 11) is 0. The molecule has 0 spiro atoms. The van der Waals surface area contributed by atoms with Crippen LogP contribution >= 0.6 is 0 Å². The highest BCUT2D eigenvalue weighted by atomic mass is 16.3. The Labute approximate surface area is 111 Å². The number of carbonyl (C=O) groups is 1. The maximum Gasteiger partial charge on any atom is 0.245 e. The molecule has 4 heteroatoms. The molecule has 0 fully saturated rings. The Hall–Kier alpha value is -1.97. The van der Waals surface area contributed by atoms with E-state index >= 15 is 0 Å². The maximum absolute atomic E-state index is 12.3. The van der Waals surface area contributed by atoms with Gasteiger partial charge in [-0.2, -0.15) is 0 Å². The summed E-state index contributed by atoms with van der Waals surface area (Å²) >= 11 is 0. The lowest BCUT2D eigenvalue weighted by Crippen LogP contribution is -2.31. The molecule has 1 aliphatic rings. The van der Waals surface area contributed by atoms with Crippen molar-refractivity contribution in [2.75, 3.05) is 0 Å². The van der Waals surface area contributed by atoms with E-state index in [1.54, 1.807) is 6.26 Å². The minimum atomic E-state index is -0.282. The first-order valence-electron chi connectivity index (χ1n) is 6.44. The van der Waals surface area contributed by atoms with E-state index in [-0.39, 0.29) is 11.2 Å². The summed E-state index contributed by atoms with van der Waals surface area (Å²) in [6, 6.07) is 3.66. The summed E-state index contributed by atoms with van der Waals surface area (Å²) in [5.41, 5.74) is 2.84. The van der Waals surface area contributed by atoms with E-state index < -0.39 is 0 Å². The summed E-state index contributed by atoms with van der Waals surface area (Å²) in [6.07, 6.45) is 3.26. The van der Waals surface area contributed by atoms with Gasteiger partial charge in [0.05, 0.1) is 11.4 Å². The van der Waals surface area contributed by atoms with Crippen LogP contribution in [0, 0.1) is 12.3 Å². The van der Waals surface area contributed by atoms with Gasteiger partial charge in [0.15, 0.2) is 5.78 Å². The number of ketones is 1. The van der Waals surface area contributed by atoms with E-state index in [1.807, 2.05) is 32.9 Å². The maximum atomic E-state index is 12.3. The topological polar surface area (TPSA) is 56.0 Å². The van der Waals surface area contributed by atoms with Crippen molar-refractivity contribution in [3.63, 3.8) is 0 Å². The van der Waals surface area contributed by atoms with Crippen molar-refractivity contribution < 1.29 is 9.21 Å². The number of hydrogen-bond acceptors (Lipinski definition) is 4. The number of Topliss-reactive ketones (excluding diaryl/α,β-unsaturated/α-hetero) is 1. The lowest BCUT2D eigenvalue weighted by molar-refractivity contribution is 0.0809. The van der Waals surface area contributed by atoms with Crippen molar-refractivity contribution >= 4 is 5.78 Å². The predicted octanol–water partition coefficient (Wildman–Crippen LogP) is 3.20. The Morgan fingerprint density at radius 1 is 1.26 bits per heavy atom. The summed E-state index contributed by atoms with van der Waals surface area (Å²) in [5, 5.41) is 0. The number of carbonyl (C=O) groups excluding carboxylic acids is 1. The van der Waals surface area contributed by atoms with Crippen molar-refractivity contribution in [2.24, 2.45) is 5.41 Å². The van der Waals surface area contributed by atoms with Crippen LogP contribution in [0.4, 0.5) is 0 Å². The van der Waals surface area contributed by atoms with Crippen LogP contribution in [0.2, 0.25) is 0 Å². The largest absolute Gasteiger partial charge is 0.443 e. The Morgan fingerprint density at radius 3 is 2.74 bits per heavy atom. The molecule has 0 unspecified atom stereocenters. The van der Waals surface area contributed by atoms with Gasteiger partial charge in [0.2, 0.25) is 5.89 Å². The van der Waals surface area contributed by atoms with Gasteiger partial charge in [-0.15, -0.1) is 0 Å². The molecule has 3 rings (SSSR count). The third-order valence-electron chi connectivity index (χ3n) is 3.66. The fraction of sp³-hybridized carbons (Fsp3) is 0.400. The molecule has 98 valence electrons. The van der Waals surface area contributed by atoms with E-state index in [9.17, 15) is 4.79 Å². The van der Waals surface area contributed by atoms with Gasteiger partial charge in [-0.3, -0.25) is 4.79 Å². The minimum absolute atomic E-state index is 0.177. The highest BCUT2D eigenvalue weighted by Gasteiger charge is 2.35. The van der Waals surface area contributed by atoms with Gasteiger partial charge in [0.1, 0.15) is 12.0 Å². The number of rotatable bonds is 1. The molecule has 0 aromatic carbocycles. The monoisotopic (exact) mass is 256 g/mol. The lowest BCUT2D eigenvalue weighted by Gasteiger charge is -2.28. The first kappa shape index (κ1) is 12.1. The van der Waals surface area contributed by atoms with Crippen LogP contribution in [0.3, 0.4) is 0 Å². The van der Waals surface area contributed by atoms with Crippen LogP contribution < -0.4 is 0 Å². The molecule has 0 radical (unpaired) electrons. The SMILES string of the molecule is Cc1coc(-c2ccc3c(n2)CCC(C)(C)C3=O)n1. The summed E-state index contributed by atoms with van der Waals surface area (Å²) in [6.45, 7) is 5.85.